The van der Waals surface area contributed by atoms with Crippen LogP contribution in [0.3, 0.4) is 0 Å². The summed E-state index contributed by atoms with van der Waals surface area (Å²) < 4.78 is 16.8. The Hall–Kier alpha value is -3.98. The standard InChI is InChI=1S/C22H17N3O4/c1-15(27-2)18(13-26)17-8-4-6-10-20(17)29-22-11-21(24-14-25-22)28-19-9-5-3-7-16(19)12-23/h3-11,14-15H,1-2H3. The maximum Gasteiger partial charge on any atom is 0.226 e. The second-order valence-electron chi connectivity index (χ2n) is 5.90. The Morgan fingerprint density at radius 1 is 1.00 bits per heavy atom. The first-order chi connectivity index (χ1) is 14.2. The number of ether oxygens (including phenoxy) is 3. The van der Waals surface area contributed by atoms with E-state index >= 15 is 0 Å². The molecule has 0 fully saturated rings. The van der Waals surface area contributed by atoms with E-state index in [0.29, 0.717) is 28.2 Å². The van der Waals surface area contributed by atoms with Gasteiger partial charge in [0.2, 0.25) is 11.8 Å². The minimum atomic E-state index is -0.455. The second kappa shape index (κ2) is 9.29. The lowest BCUT2D eigenvalue weighted by Crippen LogP contribution is -2.09. The van der Waals surface area contributed by atoms with E-state index in [1.807, 2.05) is 5.94 Å². The number of para-hydroxylation sites is 2. The van der Waals surface area contributed by atoms with Crippen molar-refractivity contribution in [1.29, 1.82) is 5.26 Å². The molecule has 1 unspecified atom stereocenters. The van der Waals surface area contributed by atoms with Crippen molar-refractivity contribution in [3.63, 3.8) is 0 Å². The highest BCUT2D eigenvalue weighted by molar-refractivity contribution is 5.91. The first-order valence-electron chi connectivity index (χ1n) is 8.70. The summed E-state index contributed by atoms with van der Waals surface area (Å²) in [5.41, 5.74) is 1.26. The van der Waals surface area contributed by atoms with Crippen molar-refractivity contribution in [3.05, 3.63) is 72.1 Å². The van der Waals surface area contributed by atoms with Gasteiger partial charge in [0.05, 0.1) is 23.3 Å². The molecule has 3 aromatic rings. The summed E-state index contributed by atoms with van der Waals surface area (Å²) in [5.74, 6) is 3.14. The Morgan fingerprint density at radius 3 is 2.28 bits per heavy atom. The number of hydrogen-bond acceptors (Lipinski definition) is 7. The third kappa shape index (κ3) is 4.66. The Balaban J connectivity index is 1.89. The molecular formula is C22H17N3O4. The molecule has 0 radical (unpaired) electrons. The van der Waals surface area contributed by atoms with Gasteiger partial charge in [-0.3, -0.25) is 0 Å². The summed E-state index contributed by atoms with van der Waals surface area (Å²) >= 11 is 0. The Labute approximate surface area is 167 Å². The van der Waals surface area contributed by atoms with Crippen LogP contribution in [0.15, 0.2) is 60.9 Å². The monoisotopic (exact) mass is 387 g/mol. The second-order valence-corrected chi connectivity index (χ2v) is 5.90. The number of methoxy groups -OCH3 is 1. The van der Waals surface area contributed by atoms with Gasteiger partial charge in [0, 0.05) is 12.7 Å². The van der Waals surface area contributed by atoms with Crippen molar-refractivity contribution in [2.75, 3.05) is 7.11 Å². The lowest BCUT2D eigenvalue weighted by atomic mass is 10.0. The van der Waals surface area contributed by atoms with E-state index in [1.165, 1.54) is 19.5 Å². The molecule has 0 spiro atoms. The minimum absolute atomic E-state index is 0.214. The van der Waals surface area contributed by atoms with Crippen LogP contribution in [0.25, 0.3) is 5.57 Å². The van der Waals surface area contributed by atoms with Crippen LogP contribution >= 0.6 is 0 Å². The van der Waals surface area contributed by atoms with Gasteiger partial charge in [0.25, 0.3) is 0 Å². The molecule has 1 heterocycles. The Bertz CT molecular complexity index is 1100. The van der Waals surface area contributed by atoms with Crippen LogP contribution in [0.1, 0.15) is 18.1 Å². The molecule has 3 rings (SSSR count). The van der Waals surface area contributed by atoms with Crippen molar-refractivity contribution in [1.82, 2.24) is 9.97 Å². The summed E-state index contributed by atoms with van der Waals surface area (Å²) in [4.78, 5) is 19.6. The molecule has 29 heavy (non-hydrogen) atoms. The predicted octanol–water partition coefficient (Wildman–Crippen LogP) is 4.18. The van der Waals surface area contributed by atoms with Crippen molar-refractivity contribution in [2.24, 2.45) is 0 Å². The molecule has 0 amide bonds. The number of rotatable bonds is 7. The molecule has 0 aliphatic carbocycles. The molecule has 0 bridgehead atoms. The van der Waals surface area contributed by atoms with Crippen LogP contribution in [0.5, 0.6) is 23.3 Å². The molecule has 7 nitrogen and oxygen atoms in total. The van der Waals surface area contributed by atoms with Crippen molar-refractivity contribution in [3.8, 4) is 29.3 Å². The smallest absolute Gasteiger partial charge is 0.226 e. The number of nitriles is 1. The molecule has 2 aromatic carbocycles. The van der Waals surface area contributed by atoms with Gasteiger partial charge in [-0.25, -0.2) is 14.8 Å². The average molecular weight is 387 g/mol. The molecule has 144 valence electrons. The molecule has 0 aliphatic heterocycles. The molecule has 0 N–H and O–H groups in total. The average Bonchev–Trinajstić information content (AvgIpc) is 2.76. The highest BCUT2D eigenvalue weighted by atomic mass is 16.5. The number of benzene rings is 2. The fourth-order valence-electron chi connectivity index (χ4n) is 2.56. The zero-order valence-electron chi connectivity index (χ0n) is 15.8. The number of aromatic nitrogens is 2. The van der Waals surface area contributed by atoms with Gasteiger partial charge in [-0.1, -0.05) is 30.3 Å². The molecule has 7 heteroatoms. The SMILES string of the molecule is COC(C)C(=C=O)c1ccccc1Oc1cc(Oc2ccccc2C#N)ncn1. The highest BCUT2D eigenvalue weighted by Crippen LogP contribution is 2.32. The van der Waals surface area contributed by atoms with Gasteiger partial charge < -0.3 is 14.2 Å². The van der Waals surface area contributed by atoms with Crippen molar-refractivity contribution >= 4 is 11.5 Å². The molecule has 0 aliphatic rings. The maximum atomic E-state index is 11.5. The number of carbonyl (C=O) groups excluding carboxylic acids is 1. The van der Waals surface area contributed by atoms with Crippen molar-refractivity contribution < 1.29 is 19.0 Å². The van der Waals surface area contributed by atoms with Gasteiger partial charge in [-0.2, -0.15) is 5.26 Å². The summed E-state index contributed by atoms with van der Waals surface area (Å²) in [6, 6.07) is 17.4. The third-order valence-electron chi connectivity index (χ3n) is 4.10. The first kappa shape index (κ1) is 19.8. The zero-order valence-corrected chi connectivity index (χ0v) is 15.8. The number of hydrogen-bond donors (Lipinski definition) is 0. The first-order valence-corrected chi connectivity index (χ1v) is 8.70. The summed E-state index contributed by atoms with van der Waals surface area (Å²) in [6.45, 7) is 1.75. The van der Waals surface area contributed by atoms with Crippen LogP contribution in [-0.2, 0) is 9.53 Å². The zero-order chi connectivity index (χ0) is 20.6. The van der Waals surface area contributed by atoms with Crippen LogP contribution in [-0.4, -0.2) is 29.1 Å². The lowest BCUT2D eigenvalue weighted by Gasteiger charge is -2.15. The quantitative estimate of drug-likeness (QED) is 0.561. The largest absolute Gasteiger partial charge is 0.438 e. The lowest BCUT2D eigenvalue weighted by molar-refractivity contribution is 0.164. The summed E-state index contributed by atoms with van der Waals surface area (Å²) in [7, 11) is 1.51. The van der Waals surface area contributed by atoms with E-state index in [2.05, 4.69) is 16.0 Å². The molecule has 0 saturated heterocycles. The number of nitrogens with zero attached hydrogens (tertiary/aromatic N) is 3. The van der Waals surface area contributed by atoms with Crippen LogP contribution in [0, 0.1) is 11.3 Å². The minimum Gasteiger partial charge on any atom is -0.438 e. The summed E-state index contributed by atoms with van der Waals surface area (Å²) in [6.07, 6.45) is 0.834. The highest BCUT2D eigenvalue weighted by Gasteiger charge is 2.17. The van der Waals surface area contributed by atoms with E-state index in [4.69, 9.17) is 14.2 Å². The van der Waals surface area contributed by atoms with E-state index in [0.717, 1.165) is 0 Å². The third-order valence-corrected chi connectivity index (χ3v) is 4.10. The van der Waals surface area contributed by atoms with Crippen LogP contribution in [0.2, 0.25) is 0 Å². The molecule has 1 atom stereocenters. The van der Waals surface area contributed by atoms with Gasteiger partial charge >= 0.3 is 0 Å². The van der Waals surface area contributed by atoms with Gasteiger partial charge in [0.15, 0.2) is 0 Å². The predicted molar refractivity (Wildman–Crippen MR) is 105 cm³/mol. The Kier molecular flexibility index (Phi) is 6.33. The van der Waals surface area contributed by atoms with E-state index < -0.39 is 6.10 Å². The molecule has 1 aromatic heterocycles. The summed E-state index contributed by atoms with van der Waals surface area (Å²) in [5, 5.41) is 9.19. The van der Waals surface area contributed by atoms with E-state index in [1.54, 1.807) is 55.5 Å². The van der Waals surface area contributed by atoms with Crippen LogP contribution in [0.4, 0.5) is 0 Å². The van der Waals surface area contributed by atoms with Gasteiger partial charge in [-0.15, -0.1) is 0 Å². The maximum absolute atomic E-state index is 11.5. The van der Waals surface area contributed by atoms with E-state index in [9.17, 15) is 10.1 Å². The Morgan fingerprint density at radius 2 is 1.62 bits per heavy atom. The fourth-order valence-corrected chi connectivity index (χ4v) is 2.56. The molecular weight excluding hydrogens is 370 g/mol. The topological polar surface area (TPSA) is 94.3 Å². The van der Waals surface area contributed by atoms with Crippen molar-refractivity contribution in [2.45, 2.75) is 13.0 Å². The fraction of sp³-hybridized carbons (Fsp3) is 0.136. The van der Waals surface area contributed by atoms with Gasteiger partial charge in [0.1, 0.15) is 29.8 Å². The van der Waals surface area contributed by atoms with Gasteiger partial charge in [-0.05, 0) is 25.1 Å². The molecule has 0 saturated carbocycles. The van der Waals surface area contributed by atoms with Crippen LogP contribution < -0.4 is 9.47 Å². The van der Waals surface area contributed by atoms with E-state index in [-0.39, 0.29) is 11.8 Å². The normalized spacial score (nSPS) is 11.1.